The lowest BCUT2D eigenvalue weighted by Gasteiger charge is -2.29. The average Bonchev–Trinajstić information content (AvgIpc) is 3.81. The molecule has 3 heteroatoms. The molecule has 55 heavy (non-hydrogen) atoms. The number of hydrogen-bond donors (Lipinski definition) is 0. The molecule has 0 aliphatic rings. The fraction of sp³-hybridized carbons (Fsp3) is 0. The Morgan fingerprint density at radius 2 is 1.02 bits per heavy atom. The van der Waals surface area contributed by atoms with Crippen LogP contribution in [-0.4, -0.2) is 0 Å². The third-order valence-electron chi connectivity index (χ3n) is 11.4. The highest BCUT2D eigenvalue weighted by molar-refractivity contribution is 7.26. The summed E-state index contributed by atoms with van der Waals surface area (Å²) in [6, 6.07) is 68.8. The number of benzene rings is 10. The van der Waals surface area contributed by atoms with Crippen molar-refractivity contribution in [1.82, 2.24) is 0 Å². The summed E-state index contributed by atoms with van der Waals surface area (Å²) >= 11 is 1.87. The maximum atomic E-state index is 6.26. The van der Waals surface area contributed by atoms with E-state index in [0.717, 1.165) is 44.6 Å². The van der Waals surface area contributed by atoms with Gasteiger partial charge in [-0.25, -0.2) is 0 Å². The van der Waals surface area contributed by atoms with Crippen molar-refractivity contribution in [3.8, 4) is 11.1 Å². The van der Waals surface area contributed by atoms with Gasteiger partial charge in [-0.2, -0.15) is 0 Å². The summed E-state index contributed by atoms with van der Waals surface area (Å²) < 4.78 is 8.86. The maximum absolute atomic E-state index is 6.26. The minimum atomic E-state index is 0.901. The Hall–Kier alpha value is -6.94. The number of furan rings is 1. The molecule has 0 spiro atoms. The molecular formula is C52H31NOS. The zero-order valence-electron chi connectivity index (χ0n) is 29.7. The monoisotopic (exact) mass is 717 g/mol. The predicted octanol–water partition coefficient (Wildman–Crippen LogP) is 15.7. The molecule has 0 amide bonds. The molecule has 2 heterocycles. The quantitative estimate of drug-likeness (QED) is 0.169. The van der Waals surface area contributed by atoms with E-state index in [4.69, 9.17) is 4.42 Å². The van der Waals surface area contributed by atoms with Crippen LogP contribution < -0.4 is 4.90 Å². The molecule has 12 rings (SSSR count). The Labute approximate surface area is 320 Å². The fourth-order valence-corrected chi connectivity index (χ4v) is 9.98. The Kier molecular flexibility index (Phi) is 6.54. The van der Waals surface area contributed by atoms with Gasteiger partial charge in [0.05, 0.1) is 5.69 Å². The Balaban J connectivity index is 1.18. The SMILES string of the molecule is c1ccc2c(-c3ccc4oc5ccccc5c4c3)cc(N(c3ccc4sc5ccc6ccccc6c5c4c3)c3cc4ccccc4c4ccccc34)cc2c1. The van der Waals surface area contributed by atoms with Crippen LogP contribution in [0.25, 0.3) is 96.3 Å². The number of anilines is 3. The van der Waals surface area contributed by atoms with Crippen molar-refractivity contribution in [1.29, 1.82) is 0 Å². The van der Waals surface area contributed by atoms with Crippen molar-refractivity contribution in [3.05, 3.63) is 188 Å². The van der Waals surface area contributed by atoms with Gasteiger partial charge in [-0.15, -0.1) is 11.3 Å². The molecule has 2 aromatic heterocycles. The standard InChI is InChI=1S/C52H31NOS/c1-6-16-40-32(11-1)22-25-51-52(40)46-30-36(23-26-50(46)55-51)53(47-29-34-13-3-4-14-38(34)41-17-7-8-18-42(41)47)37-27-33-12-2-5-15-39(33)44(31-37)35-21-24-49-45(28-35)43-19-9-10-20-48(43)54-49/h1-31H. The number of thiophene rings is 1. The molecular weight excluding hydrogens is 687 g/mol. The van der Waals surface area contributed by atoms with Crippen molar-refractivity contribution in [2.75, 3.05) is 4.90 Å². The minimum absolute atomic E-state index is 0.901. The van der Waals surface area contributed by atoms with Crippen LogP contribution in [0.2, 0.25) is 0 Å². The third kappa shape index (κ3) is 4.67. The number of rotatable bonds is 4. The van der Waals surface area contributed by atoms with Crippen LogP contribution in [0, 0.1) is 0 Å². The molecule has 0 N–H and O–H groups in total. The Bertz CT molecular complexity index is 3520. The number of fused-ring (bicyclic) bond motifs is 12. The molecule has 0 atom stereocenters. The third-order valence-corrected chi connectivity index (χ3v) is 12.5. The van der Waals surface area contributed by atoms with Gasteiger partial charge in [0.15, 0.2) is 0 Å². The van der Waals surface area contributed by atoms with E-state index in [9.17, 15) is 0 Å². The second-order valence-corrected chi connectivity index (χ2v) is 15.5. The van der Waals surface area contributed by atoms with E-state index in [-0.39, 0.29) is 0 Å². The van der Waals surface area contributed by atoms with Crippen molar-refractivity contribution in [2.45, 2.75) is 0 Å². The molecule has 12 aromatic rings. The lowest BCUT2D eigenvalue weighted by molar-refractivity contribution is 0.669. The van der Waals surface area contributed by atoms with Gasteiger partial charge in [0.1, 0.15) is 11.2 Å². The summed E-state index contributed by atoms with van der Waals surface area (Å²) in [4.78, 5) is 2.49. The molecule has 0 radical (unpaired) electrons. The lowest BCUT2D eigenvalue weighted by atomic mass is 9.94. The van der Waals surface area contributed by atoms with Gasteiger partial charge in [0.2, 0.25) is 0 Å². The van der Waals surface area contributed by atoms with E-state index in [2.05, 4.69) is 181 Å². The smallest absolute Gasteiger partial charge is 0.135 e. The van der Waals surface area contributed by atoms with Gasteiger partial charge in [0.25, 0.3) is 0 Å². The van der Waals surface area contributed by atoms with Gasteiger partial charge in [-0.3, -0.25) is 0 Å². The zero-order chi connectivity index (χ0) is 36.0. The van der Waals surface area contributed by atoms with Crippen molar-refractivity contribution in [3.63, 3.8) is 0 Å². The van der Waals surface area contributed by atoms with E-state index < -0.39 is 0 Å². The number of nitrogens with zero attached hydrogens (tertiary/aromatic N) is 1. The van der Waals surface area contributed by atoms with Crippen molar-refractivity contribution >= 4 is 114 Å². The summed E-state index contributed by atoms with van der Waals surface area (Å²) in [6.07, 6.45) is 0. The first-order valence-corrected chi connectivity index (χ1v) is 19.6. The van der Waals surface area contributed by atoms with Crippen LogP contribution >= 0.6 is 11.3 Å². The van der Waals surface area contributed by atoms with Crippen LogP contribution in [-0.2, 0) is 0 Å². The molecule has 0 aliphatic carbocycles. The molecule has 0 bridgehead atoms. The van der Waals surface area contributed by atoms with Gasteiger partial charge in [-0.05, 0) is 109 Å². The Morgan fingerprint density at radius 1 is 0.364 bits per heavy atom. The average molecular weight is 718 g/mol. The van der Waals surface area contributed by atoms with Crippen molar-refractivity contribution < 1.29 is 4.42 Å². The van der Waals surface area contributed by atoms with Crippen LogP contribution in [0.1, 0.15) is 0 Å². The molecule has 0 fully saturated rings. The molecule has 256 valence electrons. The normalized spacial score (nSPS) is 12.0. The van der Waals surface area contributed by atoms with Crippen molar-refractivity contribution in [2.24, 2.45) is 0 Å². The largest absolute Gasteiger partial charge is 0.456 e. The molecule has 10 aromatic carbocycles. The zero-order valence-corrected chi connectivity index (χ0v) is 30.5. The minimum Gasteiger partial charge on any atom is -0.456 e. The lowest BCUT2D eigenvalue weighted by Crippen LogP contribution is -2.11. The van der Waals surface area contributed by atoms with E-state index in [1.165, 1.54) is 68.8 Å². The van der Waals surface area contributed by atoms with E-state index in [1.807, 2.05) is 23.5 Å². The highest BCUT2D eigenvalue weighted by Gasteiger charge is 2.21. The first kappa shape index (κ1) is 30.5. The number of para-hydroxylation sites is 1. The van der Waals surface area contributed by atoms with Gasteiger partial charge >= 0.3 is 0 Å². The highest BCUT2D eigenvalue weighted by atomic mass is 32.1. The summed E-state index contributed by atoms with van der Waals surface area (Å²) in [6.45, 7) is 0. The first-order chi connectivity index (χ1) is 27.2. The molecule has 2 nitrogen and oxygen atoms in total. The summed E-state index contributed by atoms with van der Waals surface area (Å²) in [5.74, 6) is 0. The van der Waals surface area contributed by atoms with Gasteiger partial charge < -0.3 is 9.32 Å². The van der Waals surface area contributed by atoms with Crippen LogP contribution in [0.5, 0.6) is 0 Å². The topological polar surface area (TPSA) is 16.4 Å². The van der Waals surface area contributed by atoms with Crippen LogP contribution in [0.4, 0.5) is 17.1 Å². The van der Waals surface area contributed by atoms with E-state index in [1.54, 1.807) is 0 Å². The van der Waals surface area contributed by atoms with E-state index >= 15 is 0 Å². The van der Waals surface area contributed by atoms with Crippen LogP contribution in [0.15, 0.2) is 192 Å². The maximum Gasteiger partial charge on any atom is 0.135 e. The van der Waals surface area contributed by atoms with Gasteiger partial charge in [0, 0.05) is 47.7 Å². The first-order valence-electron chi connectivity index (χ1n) is 18.7. The van der Waals surface area contributed by atoms with Gasteiger partial charge in [-0.1, -0.05) is 127 Å². The molecule has 0 unspecified atom stereocenters. The number of hydrogen-bond acceptors (Lipinski definition) is 3. The molecule has 0 aliphatic heterocycles. The van der Waals surface area contributed by atoms with E-state index in [0.29, 0.717) is 0 Å². The summed E-state index contributed by atoms with van der Waals surface area (Å²) in [5.41, 5.74) is 7.53. The second kappa shape index (κ2) is 11.8. The predicted molar refractivity (Wildman–Crippen MR) is 237 cm³/mol. The summed E-state index contributed by atoms with van der Waals surface area (Å²) in [7, 11) is 0. The Morgan fingerprint density at radius 3 is 1.87 bits per heavy atom. The fourth-order valence-electron chi connectivity index (χ4n) is 8.88. The molecule has 0 saturated heterocycles. The summed E-state index contributed by atoms with van der Waals surface area (Å²) in [5, 5.41) is 14.7. The van der Waals surface area contributed by atoms with Crippen LogP contribution in [0.3, 0.4) is 0 Å². The molecule has 0 saturated carbocycles. The highest BCUT2D eigenvalue weighted by Crippen LogP contribution is 2.47. The second-order valence-electron chi connectivity index (χ2n) is 14.5.